The number of anilines is 1. The number of hydrogen-bond acceptors (Lipinski definition) is 6. The number of aromatic nitrogens is 1. The maximum atomic E-state index is 13.2. The van der Waals surface area contributed by atoms with E-state index in [2.05, 4.69) is 16.4 Å². The van der Waals surface area contributed by atoms with E-state index in [1.165, 1.54) is 0 Å². The Morgan fingerprint density at radius 1 is 1.07 bits per heavy atom. The van der Waals surface area contributed by atoms with Crippen LogP contribution in [0.3, 0.4) is 0 Å². The fourth-order valence-corrected chi connectivity index (χ4v) is 5.03. The van der Waals surface area contributed by atoms with Crippen molar-refractivity contribution in [1.29, 1.82) is 0 Å². The molecule has 0 aliphatic rings. The number of thiophene rings is 2. The van der Waals surface area contributed by atoms with E-state index in [9.17, 15) is 4.79 Å². The first-order chi connectivity index (χ1) is 13.7. The first-order valence-electron chi connectivity index (χ1n) is 8.66. The lowest BCUT2D eigenvalue weighted by Gasteiger charge is -2.22. The third-order valence-electron chi connectivity index (χ3n) is 4.23. The van der Waals surface area contributed by atoms with E-state index in [-0.39, 0.29) is 12.3 Å². The van der Waals surface area contributed by atoms with Gasteiger partial charge in [-0.3, -0.25) is 4.79 Å². The SMILES string of the molecule is COc1ccc(N(Cc2cccs2)C(=O)Cc2csc(-c3ccsc3)n2)cc1. The van der Waals surface area contributed by atoms with Crippen molar-refractivity contribution < 1.29 is 9.53 Å². The Morgan fingerprint density at radius 3 is 2.61 bits per heavy atom. The molecule has 0 saturated carbocycles. The van der Waals surface area contributed by atoms with Crippen LogP contribution in [-0.4, -0.2) is 18.0 Å². The molecule has 3 heterocycles. The molecule has 0 radical (unpaired) electrons. The van der Waals surface area contributed by atoms with Gasteiger partial charge in [-0.2, -0.15) is 11.3 Å². The molecule has 0 N–H and O–H groups in total. The van der Waals surface area contributed by atoms with Crippen molar-refractivity contribution in [2.45, 2.75) is 13.0 Å². The maximum absolute atomic E-state index is 13.2. The summed E-state index contributed by atoms with van der Waals surface area (Å²) in [5.41, 5.74) is 2.77. The van der Waals surface area contributed by atoms with Crippen molar-refractivity contribution in [2.75, 3.05) is 12.0 Å². The van der Waals surface area contributed by atoms with E-state index in [0.29, 0.717) is 6.54 Å². The van der Waals surface area contributed by atoms with Gasteiger partial charge in [0, 0.05) is 26.9 Å². The zero-order valence-electron chi connectivity index (χ0n) is 15.2. The monoisotopic (exact) mass is 426 g/mol. The molecule has 0 spiro atoms. The van der Waals surface area contributed by atoms with Crippen LogP contribution in [0.15, 0.2) is 64.0 Å². The van der Waals surface area contributed by atoms with Crippen molar-refractivity contribution >= 4 is 45.6 Å². The average molecular weight is 427 g/mol. The number of carbonyl (C=O) groups is 1. The highest BCUT2D eigenvalue weighted by Gasteiger charge is 2.19. The van der Waals surface area contributed by atoms with Gasteiger partial charge in [-0.05, 0) is 47.2 Å². The Bertz CT molecular complexity index is 1020. The summed E-state index contributed by atoms with van der Waals surface area (Å²) < 4.78 is 5.24. The first-order valence-corrected chi connectivity index (χ1v) is 11.4. The Labute approximate surface area is 175 Å². The third-order valence-corrected chi connectivity index (χ3v) is 6.72. The normalized spacial score (nSPS) is 10.8. The zero-order chi connectivity index (χ0) is 19.3. The maximum Gasteiger partial charge on any atom is 0.233 e. The highest BCUT2D eigenvalue weighted by molar-refractivity contribution is 7.14. The number of amides is 1. The molecule has 4 aromatic rings. The average Bonchev–Trinajstić information content (AvgIpc) is 3.48. The second kappa shape index (κ2) is 8.68. The highest BCUT2D eigenvalue weighted by Crippen LogP contribution is 2.27. The lowest BCUT2D eigenvalue weighted by molar-refractivity contribution is -0.118. The molecule has 142 valence electrons. The van der Waals surface area contributed by atoms with Crippen molar-refractivity contribution in [1.82, 2.24) is 4.98 Å². The van der Waals surface area contributed by atoms with Gasteiger partial charge in [0.2, 0.25) is 5.91 Å². The molecule has 0 bridgehead atoms. The van der Waals surface area contributed by atoms with Crippen LogP contribution in [0.1, 0.15) is 10.6 Å². The minimum Gasteiger partial charge on any atom is -0.497 e. The second-order valence-electron chi connectivity index (χ2n) is 6.09. The molecule has 0 aliphatic heterocycles. The van der Waals surface area contributed by atoms with Gasteiger partial charge in [0.1, 0.15) is 10.8 Å². The van der Waals surface area contributed by atoms with Crippen LogP contribution in [0.25, 0.3) is 10.6 Å². The number of benzene rings is 1. The molecule has 3 aromatic heterocycles. The molecule has 0 atom stereocenters. The molecular formula is C21H18N2O2S3. The van der Waals surface area contributed by atoms with E-state index in [4.69, 9.17) is 4.74 Å². The summed E-state index contributed by atoms with van der Waals surface area (Å²) in [6, 6.07) is 13.7. The molecule has 1 amide bonds. The van der Waals surface area contributed by atoms with Crippen LogP contribution < -0.4 is 9.64 Å². The Kier molecular flexibility index (Phi) is 5.85. The van der Waals surface area contributed by atoms with Gasteiger partial charge < -0.3 is 9.64 Å². The molecule has 4 nitrogen and oxygen atoms in total. The Balaban J connectivity index is 1.55. The number of carbonyl (C=O) groups excluding carboxylic acids is 1. The van der Waals surface area contributed by atoms with Crippen LogP contribution in [0.5, 0.6) is 5.75 Å². The van der Waals surface area contributed by atoms with E-state index in [1.807, 2.05) is 57.4 Å². The fourth-order valence-electron chi connectivity index (χ4n) is 2.80. The van der Waals surface area contributed by atoms with Gasteiger partial charge in [-0.1, -0.05) is 6.07 Å². The van der Waals surface area contributed by atoms with Crippen LogP contribution in [0, 0.1) is 0 Å². The molecule has 28 heavy (non-hydrogen) atoms. The largest absolute Gasteiger partial charge is 0.497 e. The third kappa shape index (κ3) is 4.32. The molecule has 1 aromatic carbocycles. The molecular weight excluding hydrogens is 408 g/mol. The van der Waals surface area contributed by atoms with Gasteiger partial charge >= 0.3 is 0 Å². The number of rotatable bonds is 7. The van der Waals surface area contributed by atoms with Gasteiger partial charge in [-0.15, -0.1) is 22.7 Å². The Hall–Kier alpha value is -2.48. The summed E-state index contributed by atoms with van der Waals surface area (Å²) in [7, 11) is 1.64. The lowest BCUT2D eigenvalue weighted by atomic mass is 10.2. The minimum atomic E-state index is 0.0285. The van der Waals surface area contributed by atoms with Gasteiger partial charge in [-0.25, -0.2) is 4.98 Å². The number of thiazole rings is 1. The number of nitrogens with zero attached hydrogens (tertiary/aromatic N) is 2. The fraction of sp³-hybridized carbons (Fsp3) is 0.143. The van der Waals surface area contributed by atoms with E-state index < -0.39 is 0 Å². The first kappa shape index (κ1) is 18.9. The molecule has 0 unspecified atom stereocenters. The molecule has 7 heteroatoms. The number of methoxy groups -OCH3 is 1. The van der Waals surface area contributed by atoms with E-state index in [1.54, 1.807) is 41.1 Å². The van der Waals surface area contributed by atoms with Crippen LogP contribution in [-0.2, 0) is 17.8 Å². The Morgan fingerprint density at radius 2 is 1.93 bits per heavy atom. The molecule has 4 rings (SSSR count). The quantitative estimate of drug-likeness (QED) is 0.380. The lowest BCUT2D eigenvalue weighted by Crippen LogP contribution is -2.31. The van der Waals surface area contributed by atoms with E-state index >= 15 is 0 Å². The smallest absolute Gasteiger partial charge is 0.233 e. The highest BCUT2D eigenvalue weighted by atomic mass is 32.1. The van der Waals surface area contributed by atoms with Crippen molar-refractivity contribution in [3.63, 3.8) is 0 Å². The summed E-state index contributed by atoms with van der Waals surface area (Å²) in [5.74, 6) is 0.799. The van der Waals surface area contributed by atoms with Crippen molar-refractivity contribution in [3.05, 3.63) is 74.6 Å². The summed E-state index contributed by atoms with van der Waals surface area (Å²) in [5, 5.41) is 9.07. The molecule has 0 saturated heterocycles. The van der Waals surface area contributed by atoms with Crippen LogP contribution in [0.2, 0.25) is 0 Å². The minimum absolute atomic E-state index is 0.0285. The second-order valence-corrected chi connectivity index (χ2v) is 8.76. The van der Waals surface area contributed by atoms with Gasteiger partial charge in [0.25, 0.3) is 0 Å². The summed E-state index contributed by atoms with van der Waals surface area (Å²) in [6.07, 6.45) is 0.276. The van der Waals surface area contributed by atoms with Crippen LogP contribution >= 0.6 is 34.0 Å². The summed E-state index contributed by atoms with van der Waals surface area (Å²) in [6.45, 7) is 0.546. The summed E-state index contributed by atoms with van der Waals surface area (Å²) in [4.78, 5) is 20.8. The number of ether oxygens (including phenoxy) is 1. The van der Waals surface area contributed by atoms with Crippen molar-refractivity contribution in [3.8, 4) is 16.3 Å². The van der Waals surface area contributed by atoms with E-state index in [0.717, 1.165) is 32.6 Å². The summed E-state index contributed by atoms with van der Waals surface area (Å²) >= 11 is 4.87. The topological polar surface area (TPSA) is 42.4 Å². The number of hydrogen-bond donors (Lipinski definition) is 0. The predicted molar refractivity (Wildman–Crippen MR) is 118 cm³/mol. The van der Waals surface area contributed by atoms with Gasteiger partial charge in [0.05, 0.1) is 25.8 Å². The van der Waals surface area contributed by atoms with Crippen molar-refractivity contribution in [2.24, 2.45) is 0 Å². The van der Waals surface area contributed by atoms with Gasteiger partial charge in [0.15, 0.2) is 0 Å². The zero-order valence-corrected chi connectivity index (χ0v) is 17.7. The molecule has 0 aliphatic carbocycles. The van der Waals surface area contributed by atoms with Crippen LogP contribution in [0.4, 0.5) is 5.69 Å². The molecule has 0 fully saturated rings. The predicted octanol–water partition coefficient (Wildman–Crippen LogP) is 5.72. The standard InChI is InChI=1S/C21H18N2O2S3/c1-25-18-6-4-17(5-7-18)23(12-19-3-2-9-27-19)20(24)11-16-14-28-21(22-16)15-8-10-26-13-15/h2-10,13-14H,11-12H2,1H3.